The van der Waals surface area contributed by atoms with Crippen molar-refractivity contribution in [2.75, 3.05) is 0 Å². The zero-order valence-electron chi connectivity index (χ0n) is 21.2. The quantitative estimate of drug-likeness (QED) is 0.240. The smallest absolute Gasteiger partial charge is 0.139 e. The van der Waals surface area contributed by atoms with Gasteiger partial charge in [0.2, 0.25) is 0 Å². The molecular formula is C37H24O2. The van der Waals surface area contributed by atoms with Crippen LogP contribution in [0, 0.1) is 0 Å². The molecule has 2 heteroatoms. The van der Waals surface area contributed by atoms with E-state index in [0.29, 0.717) is 0 Å². The molecule has 0 amide bonds. The van der Waals surface area contributed by atoms with Gasteiger partial charge >= 0.3 is 0 Å². The van der Waals surface area contributed by atoms with E-state index < -0.39 is 0 Å². The molecule has 0 unspecified atom stereocenters. The van der Waals surface area contributed by atoms with Crippen molar-refractivity contribution in [3.05, 3.63) is 145 Å². The lowest BCUT2D eigenvalue weighted by Crippen LogP contribution is -1.90. The Bertz CT molecular complexity index is 2110. The summed E-state index contributed by atoms with van der Waals surface area (Å²) in [6.07, 6.45) is 0.754. The normalized spacial score (nSPS) is 11.7. The van der Waals surface area contributed by atoms with E-state index in [0.717, 1.165) is 55.9 Å². The second-order valence-electron chi connectivity index (χ2n) is 10.1. The van der Waals surface area contributed by atoms with Gasteiger partial charge in [-0.25, -0.2) is 0 Å². The minimum Gasteiger partial charge on any atom is -0.456 e. The maximum absolute atomic E-state index is 6.65. The molecule has 0 aliphatic carbocycles. The van der Waals surface area contributed by atoms with E-state index in [4.69, 9.17) is 8.83 Å². The number of fused-ring (bicyclic) bond motifs is 6. The van der Waals surface area contributed by atoms with E-state index in [1.54, 1.807) is 0 Å². The van der Waals surface area contributed by atoms with E-state index in [9.17, 15) is 0 Å². The van der Waals surface area contributed by atoms with Gasteiger partial charge in [-0.15, -0.1) is 0 Å². The topological polar surface area (TPSA) is 26.3 Å². The third-order valence-electron chi connectivity index (χ3n) is 7.73. The Morgan fingerprint density at radius 3 is 1.62 bits per heavy atom. The van der Waals surface area contributed by atoms with Gasteiger partial charge in [-0.3, -0.25) is 0 Å². The summed E-state index contributed by atoms with van der Waals surface area (Å²) in [5, 5.41) is 4.43. The molecule has 0 radical (unpaired) electrons. The van der Waals surface area contributed by atoms with Gasteiger partial charge in [0.05, 0.1) is 0 Å². The maximum atomic E-state index is 6.65. The fraction of sp³-hybridized carbons (Fsp3) is 0.0270. The largest absolute Gasteiger partial charge is 0.456 e. The molecule has 0 aliphatic heterocycles. The van der Waals surface area contributed by atoms with Crippen LogP contribution in [0.15, 0.2) is 142 Å². The fourth-order valence-electron chi connectivity index (χ4n) is 5.85. The number of benzene rings is 6. The fourth-order valence-corrected chi connectivity index (χ4v) is 5.85. The second-order valence-corrected chi connectivity index (χ2v) is 10.1. The molecular weight excluding hydrogens is 476 g/mol. The minimum absolute atomic E-state index is 0.754. The summed E-state index contributed by atoms with van der Waals surface area (Å²) in [6, 6.07) is 46.7. The lowest BCUT2D eigenvalue weighted by molar-refractivity contribution is 0.660. The molecule has 2 aromatic heterocycles. The summed E-state index contributed by atoms with van der Waals surface area (Å²) >= 11 is 0. The highest BCUT2D eigenvalue weighted by Crippen LogP contribution is 2.42. The van der Waals surface area contributed by atoms with Gasteiger partial charge in [-0.2, -0.15) is 0 Å². The molecule has 184 valence electrons. The van der Waals surface area contributed by atoms with E-state index >= 15 is 0 Å². The Labute approximate surface area is 225 Å². The van der Waals surface area contributed by atoms with E-state index in [1.807, 2.05) is 6.07 Å². The molecule has 0 atom stereocenters. The number of hydrogen-bond acceptors (Lipinski definition) is 2. The van der Waals surface area contributed by atoms with Crippen LogP contribution >= 0.6 is 0 Å². The summed E-state index contributed by atoms with van der Waals surface area (Å²) < 4.78 is 13.2. The van der Waals surface area contributed by atoms with Crippen molar-refractivity contribution in [1.82, 2.24) is 0 Å². The third kappa shape index (κ3) is 3.65. The SMILES string of the molecule is c1ccc(Cc2c3oc4ccc(-c5ccccc5)cc4c3cc3oc4ccc(-c5ccccc5)cc4c23)cc1. The number of rotatable bonds is 4. The Morgan fingerprint density at radius 2 is 0.974 bits per heavy atom. The lowest BCUT2D eigenvalue weighted by atomic mass is 9.95. The Morgan fingerprint density at radius 1 is 0.410 bits per heavy atom. The number of hydrogen-bond donors (Lipinski definition) is 0. The van der Waals surface area contributed by atoms with Gasteiger partial charge in [0, 0.05) is 33.5 Å². The zero-order chi connectivity index (χ0) is 25.8. The first-order valence-corrected chi connectivity index (χ1v) is 13.3. The summed E-state index contributed by atoms with van der Waals surface area (Å²) in [6.45, 7) is 0. The monoisotopic (exact) mass is 500 g/mol. The van der Waals surface area contributed by atoms with Crippen molar-refractivity contribution < 1.29 is 8.83 Å². The minimum atomic E-state index is 0.754. The van der Waals surface area contributed by atoms with Gasteiger partial charge < -0.3 is 8.83 Å². The first kappa shape index (κ1) is 22.0. The van der Waals surface area contributed by atoms with E-state index in [2.05, 4.69) is 127 Å². The second kappa shape index (κ2) is 8.75. The van der Waals surface area contributed by atoms with Crippen LogP contribution in [-0.4, -0.2) is 0 Å². The predicted octanol–water partition coefficient (Wildman–Crippen LogP) is 10.4. The van der Waals surface area contributed by atoms with Gasteiger partial charge in [-0.05, 0) is 58.1 Å². The standard InChI is InChI=1S/C37H24O2/c1-4-10-24(11-5-1)20-32-36-31-22-28(26-14-8-3-9-15-26)17-19-34(31)38-35(36)23-30-29-21-27(25-12-6-2-7-13-25)16-18-33(29)39-37(30)32/h1-19,21-23H,20H2. The third-order valence-corrected chi connectivity index (χ3v) is 7.73. The lowest BCUT2D eigenvalue weighted by Gasteiger charge is -2.06. The van der Waals surface area contributed by atoms with Gasteiger partial charge in [0.15, 0.2) is 0 Å². The van der Waals surface area contributed by atoms with Crippen molar-refractivity contribution in [3.8, 4) is 22.3 Å². The molecule has 0 N–H and O–H groups in total. The molecule has 0 bridgehead atoms. The summed E-state index contributed by atoms with van der Waals surface area (Å²) in [5.41, 5.74) is 10.7. The van der Waals surface area contributed by atoms with Crippen LogP contribution in [0.25, 0.3) is 66.1 Å². The van der Waals surface area contributed by atoms with E-state index in [-0.39, 0.29) is 0 Å². The predicted molar refractivity (Wildman–Crippen MR) is 161 cm³/mol. The van der Waals surface area contributed by atoms with Crippen molar-refractivity contribution in [2.45, 2.75) is 6.42 Å². The highest BCUT2D eigenvalue weighted by molar-refractivity contribution is 6.18. The van der Waals surface area contributed by atoms with Crippen LogP contribution in [0.1, 0.15) is 11.1 Å². The molecule has 0 aliphatic rings. The van der Waals surface area contributed by atoms with Crippen LogP contribution in [0.4, 0.5) is 0 Å². The van der Waals surface area contributed by atoms with Gasteiger partial charge in [0.1, 0.15) is 22.3 Å². The highest BCUT2D eigenvalue weighted by atomic mass is 16.3. The Balaban J connectivity index is 1.43. The van der Waals surface area contributed by atoms with E-state index in [1.165, 1.54) is 27.8 Å². The van der Waals surface area contributed by atoms with Gasteiger partial charge in [-0.1, -0.05) is 103 Å². The summed E-state index contributed by atoms with van der Waals surface area (Å²) in [5.74, 6) is 0. The van der Waals surface area contributed by atoms with Gasteiger partial charge in [0.25, 0.3) is 0 Å². The molecule has 2 nitrogen and oxygen atoms in total. The zero-order valence-corrected chi connectivity index (χ0v) is 21.2. The average Bonchev–Trinajstić information content (AvgIpc) is 3.56. The van der Waals surface area contributed by atoms with Crippen LogP contribution in [-0.2, 0) is 6.42 Å². The Kier molecular flexibility index (Phi) is 4.92. The molecule has 8 aromatic rings. The van der Waals surface area contributed by atoms with Crippen LogP contribution < -0.4 is 0 Å². The average molecular weight is 501 g/mol. The Hall–Kier alpha value is -5.08. The highest BCUT2D eigenvalue weighted by Gasteiger charge is 2.21. The molecule has 0 fully saturated rings. The molecule has 39 heavy (non-hydrogen) atoms. The van der Waals surface area contributed by atoms with Crippen LogP contribution in [0.3, 0.4) is 0 Å². The number of furan rings is 2. The van der Waals surface area contributed by atoms with Crippen LogP contribution in [0.2, 0.25) is 0 Å². The molecule has 0 saturated carbocycles. The molecule has 8 rings (SSSR count). The van der Waals surface area contributed by atoms with Crippen molar-refractivity contribution >= 4 is 43.9 Å². The molecule has 2 heterocycles. The van der Waals surface area contributed by atoms with Crippen LogP contribution in [0.5, 0.6) is 0 Å². The first-order chi connectivity index (χ1) is 19.3. The van der Waals surface area contributed by atoms with Crippen molar-refractivity contribution in [3.63, 3.8) is 0 Å². The first-order valence-electron chi connectivity index (χ1n) is 13.3. The van der Waals surface area contributed by atoms with Crippen molar-refractivity contribution in [1.29, 1.82) is 0 Å². The summed E-state index contributed by atoms with van der Waals surface area (Å²) in [7, 11) is 0. The maximum Gasteiger partial charge on any atom is 0.139 e. The summed E-state index contributed by atoms with van der Waals surface area (Å²) in [4.78, 5) is 0. The van der Waals surface area contributed by atoms with Crippen molar-refractivity contribution in [2.24, 2.45) is 0 Å². The molecule has 0 spiro atoms. The molecule has 6 aromatic carbocycles. The molecule has 0 saturated heterocycles.